The Morgan fingerprint density at radius 2 is 1.94 bits per heavy atom. The first kappa shape index (κ1) is 12.8. The molecule has 0 radical (unpaired) electrons. The molecule has 0 aliphatic rings. The summed E-state index contributed by atoms with van der Waals surface area (Å²) in [6.45, 7) is 1.26. The van der Waals surface area contributed by atoms with Crippen LogP contribution in [-0.4, -0.2) is 20.2 Å². The molecule has 0 aliphatic heterocycles. The molecule has 0 saturated heterocycles. The molecular weight excluding hydrogens is 222 g/mol. The Hall–Kier alpha value is -2.22. The first-order valence-electron chi connectivity index (χ1n) is 4.91. The number of carbonyl (C=O) groups is 1. The molecule has 5 heteroatoms. The lowest BCUT2D eigenvalue weighted by Crippen LogP contribution is -2.06. The van der Waals surface area contributed by atoms with Crippen LogP contribution in [0.1, 0.15) is 18.6 Å². The molecule has 5 nitrogen and oxygen atoms in total. The van der Waals surface area contributed by atoms with Gasteiger partial charge in [-0.3, -0.25) is 4.79 Å². The van der Waals surface area contributed by atoms with Gasteiger partial charge >= 0.3 is 5.97 Å². The molecule has 0 saturated carbocycles. The molecule has 0 aromatic heterocycles. The predicted octanol–water partition coefficient (Wildman–Crippen LogP) is 1.83. The zero-order valence-corrected chi connectivity index (χ0v) is 9.89. The maximum Gasteiger partial charge on any atom is 0.304 e. The number of nitrogens with zero attached hydrogens (tertiary/aromatic N) is 1. The second-order valence-electron chi connectivity index (χ2n) is 3.23. The lowest BCUT2D eigenvalue weighted by atomic mass is 10.1. The molecule has 0 fully saturated rings. The number of methoxy groups -OCH3 is 2. The molecule has 0 aliphatic carbocycles. The van der Waals surface area contributed by atoms with E-state index in [1.54, 1.807) is 18.2 Å². The Kier molecular flexibility index (Phi) is 4.35. The van der Waals surface area contributed by atoms with Crippen LogP contribution in [-0.2, 0) is 9.53 Å². The van der Waals surface area contributed by atoms with Gasteiger partial charge in [0.05, 0.1) is 14.2 Å². The van der Waals surface area contributed by atoms with Crippen molar-refractivity contribution in [1.29, 1.82) is 5.26 Å². The smallest absolute Gasteiger partial charge is 0.304 e. The van der Waals surface area contributed by atoms with Crippen molar-refractivity contribution in [1.82, 2.24) is 0 Å². The SMILES string of the molecule is COc1ccc([C@H](C#N)OC(C)=O)cc1OC. The van der Waals surface area contributed by atoms with Crippen molar-refractivity contribution in [2.45, 2.75) is 13.0 Å². The van der Waals surface area contributed by atoms with Crippen molar-refractivity contribution < 1.29 is 19.0 Å². The number of hydrogen-bond donors (Lipinski definition) is 0. The van der Waals surface area contributed by atoms with Crippen LogP contribution in [0.15, 0.2) is 18.2 Å². The summed E-state index contributed by atoms with van der Waals surface area (Å²) in [6, 6.07) is 6.81. The number of esters is 1. The maximum absolute atomic E-state index is 10.8. The summed E-state index contributed by atoms with van der Waals surface area (Å²) >= 11 is 0. The Morgan fingerprint density at radius 3 is 2.41 bits per heavy atom. The molecule has 0 unspecified atom stereocenters. The third-order valence-electron chi connectivity index (χ3n) is 2.11. The Bertz CT molecular complexity index is 450. The normalized spacial score (nSPS) is 11.2. The topological polar surface area (TPSA) is 68.5 Å². The van der Waals surface area contributed by atoms with Gasteiger partial charge in [0.1, 0.15) is 6.07 Å². The molecule has 0 spiro atoms. The number of ether oxygens (including phenoxy) is 3. The molecule has 90 valence electrons. The Labute approximate surface area is 99.5 Å². The lowest BCUT2D eigenvalue weighted by molar-refractivity contribution is -0.144. The highest BCUT2D eigenvalue weighted by molar-refractivity contribution is 5.66. The molecule has 0 bridgehead atoms. The Morgan fingerprint density at radius 1 is 1.29 bits per heavy atom. The molecule has 1 atom stereocenters. The number of hydrogen-bond acceptors (Lipinski definition) is 5. The van der Waals surface area contributed by atoms with Crippen molar-refractivity contribution >= 4 is 5.97 Å². The molecule has 0 heterocycles. The molecule has 1 aromatic carbocycles. The maximum atomic E-state index is 10.8. The molecule has 0 N–H and O–H groups in total. The summed E-state index contributed by atoms with van der Waals surface area (Å²) in [5.41, 5.74) is 0.542. The minimum Gasteiger partial charge on any atom is -0.493 e. The fourth-order valence-electron chi connectivity index (χ4n) is 1.35. The summed E-state index contributed by atoms with van der Waals surface area (Å²) < 4.78 is 15.0. The second-order valence-corrected chi connectivity index (χ2v) is 3.23. The van der Waals surface area contributed by atoms with Crippen LogP contribution in [0.4, 0.5) is 0 Å². The number of rotatable bonds is 4. The van der Waals surface area contributed by atoms with Crippen molar-refractivity contribution in [2.24, 2.45) is 0 Å². The molecule has 0 amide bonds. The third kappa shape index (κ3) is 3.11. The average Bonchev–Trinajstić information content (AvgIpc) is 2.34. The van der Waals surface area contributed by atoms with Gasteiger partial charge in [0, 0.05) is 12.5 Å². The van der Waals surface area contributed by atoms with Crippen LogP contribution in [0.5, 0.6) is 11.5 Å². The lowest BCUT2D eigenvalue weighted by Gasteiger charge is -2.13. The Balaban J connectivity index is 3.05. The fourth-order valence-corrected chi connectivity index (χ4v) is 1.35. The summed E-state index contributed by atoms with van der Waals surface area (Å²) in [5, 5.41) is 8.92. The standard InChI is InChI=1S/C12H13NO4/c1-8(14)17-12(7-13)9-4-5-10(15-2)11(6-9)16-3/h4-6,12H,1-3H3/t12-/m0/s1. The molecule has 17 heavy (non-hydrogen) atoms. The zero-order chi connectivity index (χ0) is 12.8. The van der Waals surface area contributed by atoms with Gasteiger partial charge in [0.2, 0.25) is 6.10 Å². The molecule has 1 aromatic rings. The number of carbonyl (C=O) groups excluding carboxylic acids is 1. The van der Waals surface area contributed by atoms with Gasteiger partial charge in [-0.15, -0.1) is 0 Å². The summed E-state index contributed by atoms with van der Waals surface area (Å²) in [6.07, 6.45) is -0.938. The largest absolute Gasteiger partial charge is 0.493 e. The average molecular weight is 235 g/mol. The van der Waals surface area contributed by atoms with E-state index in [-0.39, 0.29) is 0 Å². The van der Waals surface area contributed by atoms with Gasteiger partial charge in [0.25, 0.3) is 0 Å². The van der Waals surface area contributed by atoms with Crippen LogP contribution in [0.3, 0.4) is 0 Å². The quantitative estimate of drug-likeness (QED) is 0.745. The van der Waals surface area contributed by atoms with E-state index in [0.29, 0.717) is 17.1 Å². The van der Waals surface area contributed by atoms with E-state index in [2.05, 4.69) is 0 Å². The van der Waals surface area contributed by atoms with Gasteiger partial charge in [-0.05, 0) is 12.1 Å². The third-order valence-corrected chi connectivity index (χ3v) is 2.11. The predicted molar refractivity (Wildman–Crippen MR) is 59.7 cm³/mol. The summed E-state index contributed by atoms with van der Waals surface area (Å²) in [4.78, 5) is 10.8. The van der Waals surface area contributed by atoms with Crippen LogP contribution in [0, 0.1) is 11.3 Å². The molecule has 1 rings (SSSR count). The molecular formula is C12H13NO4. The van der Waals surface area contributed by atoms with E-state index in [0.717, 1.165) is 0 Å². The highest BCUT2D eigenvalue weighted by Crippen LogP contribution is 2.30. The van der Waals surface area contributed by atoms with E-state index < -0.39 is 12.1 Å². The minimum absolute atomic E-state index is 0.484. The van der Waals surface area contributed by atoms with Crippen molar-refractivity contribution in [2.75, 3.05) is 14.2 Å². The van der Waals surface area contributed by atoms with E-state index in [1.807, 2.05) is 6.07 Å². The number of benzene rings is 1. The van der Waals surface area contributed by atoms with Gasteiger partial charge in [0.15, 0.2) is 11.5 Å². The van der Waals surface area contributed by atoms with Gasteiger partial charge in [-0.2, -0.15) is 5.26 Å². The zero-order valence-electron chi connectivity index (χ0n) is 9.89. The monoisotopic (exact) mass is 235 g/mol. The first-order chi connectivity index (χ1) is 8.12. The van der Waals surface area contributed by atoms with E-state index in [1.165, 1.54) is 21.1 Å². The van der Waals surface area contributed by atoms with Gasteiger partial charge in [-0.25, -0.2) is 0 Å². The first-order valence-corrected chi connectivity index (χ1v) is 4.91. The van der Waals surface area contributed by atoms with Crippen molar-refractivity contribution in [3.8, 4) is 17.6 Å². The fraction of sp³-hybridized carbons (Fsp3) is 0.333. The summed E-state index contributed by atoms with van der Waals surface area (Å²) in [7, 11) is 3.01. The highest BCUT2D eigenvalue weighted by atomic mass is 16.5. The number of nitriles is 1. The van der Waals surface area contributed by atoms with E-state index >= 15 is 0 Å². The van der Waals surface area contributed by atoms with Crippen LogP contribution >= 0.6 is 0 Å². The van der Waals surface area contributed by atoms with Crippen molar-refractivity contribution in [3.63, 3.8) is 0 Å². The minimum atomic E-state index is -0.938. The van der Waals surface area contributed by atoms with E-state index in [9.17, 15) is 4.79 Å². The summed E-state index contributed by atoms with van der Waals surface area (Å²) in [5.74, 6) is 0.527. The van der Waals surface area contributed by atoms with Gasteiger partial charge < -0.3 is 14.2 Å². The highest BCUT2D eigenvalue weighted by Gasteiger charge is 2.16. The van der Waals surface area contributed by atoms with Crippen LogP contribution in [0.25, 0.3) is 0 Å². The second kappa shape index (κ2) is 5.75. The van der Waals surface area contributed by atoms with Gasteiger partial charge in [-0.1, -0.05) is 6.07 Å². The van der Waals surface area contributed by atoms with Crippen LogP contribution < -0.4 is 9.47 Å². The van der Waals surface area contributed by atoms with Crippen LogP contribution in [0.2, 0.25) is 0 Å². The van der Waals surface area contributed by atoms with E-state index in [4.69, 9.17) is 19.5 Å². The van der Waals surface area contributed by atoms with Crippen molar-refractivity contribution in [3.05, 3.63) is 23.8 Å².